The molecule has 1 heterocycles. The second-order valence-electron chi connectivity index (χ2n) is 3.69. The van der Waals surface area contributed by atoms with Gasteiger partial charge >= 0.3 is 0 Å². The second kappa shape index (κ2) is 4.78. The van der Waals surface area contributed by atoms with Crippen LogP contribution in [0.15, 0.2) is 24.3 Å². The van der Waals surface area contributed by atoms with Crippen molar-refractivity contribution in [1.29, 1.82) is 0 Å². The highest BCUT2D eigenvalue weighted by Crippen LogP contribution is 2.27. The molecule has 2 rings (SSSR count). The monoisotopic (exact) mass is 213 g/mol. The molecule has 3 heteroatoms. The van der Waals surface area contributed by atoms with Gasteiger partial charge in [-0.3, -0.25) is 0 Å². The summed E-state index contributed by atoms with van der Waals surface area (Å²) in [5, 5.41) is 0. The number of benzene rings is 1. The average molecular weight is 214 g/mol. The van der Waals surface area contributed by atoms with Crippen LogP contribution in [0.2, 0.25) is 0 Å². The van der Waals surface area contributed by atoms with Crippen molar-refractivity contribution in [2.75, 3.05) is 20.7 Å². The zero-order valence-corrected chi connectivity index (χ0v) is 9.38. The molecule has 1 aliphatic heterocycles. The Morgan fingerprint density at radius 3 is 2.71 bits per heavy atom. The number of likely N-dealkylation sites (N-methyl/N-ethyl adjacent to an activating group) is 1. The van der Waals surface area contributed by atoms with Gasteiger partial charge in [-0.05, 0) is 25.2 Å². The molecule has 0 bridgehead atoms. The minimum Gasteiger partial charge on any atom is -0.375 e. The Kier molecular flexibility index (Phi) is 3.93. The Balaban J connectivity index is 0.000000980. The fourth-order valence-corrected chi connectivity index (χ4v) is 1.79. The summed E-state index contributed by atoms with van der Waals surface area (Å²) in [6, 6.07) is 8.93. The first-order valence-electron chi connectivity index (χ1n) is 4.61. The van der Waals surface area contributed by atoms with Crippen molar-refractivity contribution in [2.24, 2.45) is 0 Å². The van der Waals surface area contributed by atoms with Crippen LogP contribution in [-0.4, -0.2) is 25.6 Å². The number of hydrogen-bond acceptors (Lipinski definition) is 2. The molecule has 0 N–H and O–H groups in total. The first-order valence-corrected chi connectivity index (χ1v) is 4.61. The van der Waals surface area contributed by atoms with E-state index < -0.39 is 0 Å². The number of rotatable bonds is 1. The summed E-state index contributed by atoms with van der Waals surface area (Å²) < 4.78 is 5.53. The van der Waals surface area contributed by atoms with Gasteiger partial charge < -0.3 is 9.64 Å². The van der Waals surface area contributed by atoms with Crippen LogP contribution in [0, 0.1) is 0 Å². The molecule has 1 atom stereocenters. The van der Waals surface area contributed by atoms with Gasteiger partial charge in [-0.15, -0.1) is 12.4 Å². The SMILES string of the molecule is CN(C)C1COCc2ccccc21.Cl. The van der Waals surface area contributed by atoms with Crippen molar-refractivity contribution in [1.82, 2.24) is 4.90 Å². The van der Waals surface area contributed by atoms with Gasteiger partial charge in [0.15, 0.2) is 0 Å². The minimum atomic E-state index is 0. The first kappa shape index (κ1) is 11.5. The summed E-state index contributed by atoms with van der Waals surface area (Å²) in [5.74, 6) is 0. The van der Waals surface area contributed by atoms with E-state index in [-0.39, 0.29) is 12.4 Å². The zero-order chi connectivity index (χ0) is 9.26. The van der Waals surface area contributed by atoms with Gasteiger partial charge in [0.05, 0.1) is 19.3 Å². The molecule has 0 spiro atoms. The van der Waals surface area contributed by atoms with Crippen molar-refractivity contribution in [3.05, 3.63) is 35.4 Å². The summed E-state index contributed by atoms with van der Waals surface area (Å²) in [6.07, 6.45) is 0. The van der Waals surface area contributed by atoms with Gasteiger partial charge in [-0.1, -0.05) is 24.3 Å². The molecular formula is C11H16ClNO. The lowest BCUT2D eigenvalue weighted by atomic mass is 9.98. The molecule has 0 amide bonds. The third-order valence-corrected chi connectivity index (χ3v) is 2.57. The lowest BCUT2D eigenvalue weighted by Crippen LogP contribution is -2.28. The number of halogens is 1. The van der Waals surface area contributed by atoms with E-state index in [9.17, 15) is 0 Å². The third kappa shape index (κ3) is 2.08. The molecule has 78 valence electrons. The molecule has 0 saturated carbocycles. The van der Waals surface area contributed by atoms with Crippen LogP contribution in [-0.2, 0) is 11.3 Å². The van der Waals surface area contributed by atoms with Crippen LogP contribution in [0.1, 0.15) is 17.2 Å². The van der Waals surface area contributed by atoms with Crippen LogP contribution >= 0.6 is 12.4 Å². The van der Waals surface area contributed by atoms with Crippen molar-refractivity contribution < 1.29 is 4.74 Å². The number of fused-ring (bicyclic) bond motifs is 1. The van der Waals surface area contributed by atoms with Gasteiger partial charge in [-0.2, -0.15) is 0 Å². The summed E-state index contributed by atoms with van der Waals surface area (Å²) in [4.78, 5) is 2.21. The molecule has 2 nitrogen and oxygen atoms in total. The Morgan fingerprint density at radius 1 is 1.29 bits per heavy atom. The fourth-order valence-electron chi connectivity index (χ4n) is 1.79. The van der Waals surface area contributed by atoms with Crippen LogP contribution < -0.4 is 0 Å². The molecule has 0 aromatic heterocycles. The Labute approximate surface area is 91.3 Å². The fraction of sp³-hybridized carbons (Fsp3) is 0.455. The number of hydrogen-bond donors (Lipinski definition) is 0. The maximum absolute atomic E-state index is 5.53. The highest BCUT2D eigenvalue weighted by Gasteiger charge is 2.21. The predicted octanol–water partition coefficient (Wildman–Crippen LogP) is 2.24. The van der Waals surface area contributed by atoms with E-state index in [1.807, 2.05) is 0 Å². The van der Waals surface area contributed by atoms with Crippen LogP contribution in [0.25, 0.3) is 0 Å². The highest BCUT2D eigenvalue weighted by molar-refractivity contribution is 5.85. The van der Waals surface area contributed by atoms with Gasteiger partial charge in [0.25, 0.3) is 0 Å². The van der Waals surface area contributed by atoms with E-state index in [0.29, 0.717) is 6.04 Å². The predicted molar refractivity (Wildman–Crippen MR) is 59.8 cm³/mol. The summed E-state index contributed by atoms with van der Waals surface area (Å²) in [5.41, 5.74) is 2.74. The Hall–Kier alpha value is -0.570. The second-order valence-corrected chi connectivity index (χ2v) is 3.69. The number of ether oxygens (including phenoxy) is 1. The number of nitrogens with zero attached hydrogens (tertiary/aromatic N) is 1. The van der Waals surface area contributed by atoms with E-state index in [2.05, 4.69) is 43.3 Å². The third-order valence-electron chi connectivity index (χ3n) is 2.57. The van der Waals surface area contributed by atoms with Gasteiger partial charge in [-0.25, -0.2) is 0 Å². The van der Waals surface area contributed by atoms with Crippen molar-refractivity contribution in [2.45, 2.75) is 12.6 Å². The van der Waals surface area contributed by atoms with Gasteiger partial charge in [0, 0.05) is 0 Å². The van der Waals surface area contributed by atoms with Crippen molar-refractivity contribution in [3.63, 3.8) is 0 Å². The Morgan fingerprint density at radius 2 is 2.00 bits per heavy atom. The van der Waals surface area contributed by atoms with Crippen molar-refractivity contribution in [3.8, 4) is 0 Å². The molecule has 14 heavy (non-hydrogen) atoms. The molecule has 0 radical (unpaired) electrons. The lowest BCUT2D eigenvalue weighted by molar-refractivity contribution is 0.0506. The largest absolute Gasteiger partial charge is 0.375 e. The highest BCUT2D eigenvalue weighted by atomic mass is 35.5. The molecule has 1 aliphatic rings. The smallest absolute Gasteiger partial charge is 0.0721 e. The molecule has 0 saturated heterocycles. The normalized spacial score (nSPS) is 20.1. The molecule has 1 aromatic carbocycles. The molecular weight excluding hydrogens is 198 g/mol. The quantitative estimate of drug-likeness (QED) is 0.710. The van der Waals surface area contributed by atoms with Crippen molar-refractivity contribution >= 4 is 12.4 Å². The summed E-state index contributed by atoms with van der Waals surface area (Å²) >= 11 is 0. The van der Waals surface area contributed by atoms with Crippen LogP contribution in [0.4, 0.5) is 0 Å². The molecule has 1 unspecified atom stereocenters. The van der Waals surface area contributed by atoms with Gasteiger partial charge in [0.2, 0.25) is 0 Å². The van der Waals surface area contributed by atoms with E-state index in [1.165, 1.54) is 11.1 Å². The first-order chi connectivity index (χ1) is 6.29. The van der Waals surface area contributed by atoms with E-state index >= 15 is 0 Å². The van der Waals surface area contributed by atoms with E-state index in [0.717, 1.165) is 13.2 Å². The lowest BCUT2D eigenvalue weighted by Gasteiger charge is -2.30. The summed E-state index contributed by atoms with van der Waals surface area (Å²) in [7, 11) is 4.19. The maximum atomic E-state index is 5.53. The van der Waals surface area contributed by atoms with Crippen LogP contribution in [0.5, 0.6) is 0 Å². The standard InChI is InChI=1S/C11H15NO.ClH/c1-12(2)11-8-13-7-9-5-3-4-6-10(9)11;/h3-6,11H,7-8H2,1-2H3;1H. The Bertz CT molecular complexity index is 301. The average Bonchev–Trinajstić information content (AvgIpc) is 2.17. The van der Waals surface area contributed by atoms with Gasteiger partial charge in [0.1, 0.15) is 0 Å². The minimum absolute atomic E-state index is 0. The zero-order valence-electron chi connectivity index (χ0n) is 8.56. The molecule has 0 aliphatic carbocycles. The van der Waals surface area contributed by atoms with E-state index in [4.69, 9.17) is 4.74 Å². The molecule has 0 fully saturated rings. The maximum Gasteiger partial charge on any atom is 0.0721 e. The topological polar surface area (TPSA) is 12.5 Å². The van der Waals surface area contributed by atoms with Crippen LogP contribution in [0.3, 0.4) is 0 Å². The van der Waals surface area contributed by atoms with E-state index in [1.54, 1.807) is 0 Å². The molecule has 1 aromatic rings. The summed E-state index contributed by atoms with van der Waals surface area (Å²) in [6.45, 7) is 1.57.